The van der Waals surface area contributed by atoms with Crippen molar-refractivity contribution in [1.82, 2.24) is 4.57 Å². The first kappa shape index (κ1) is 39.2. The van der Waals surface area contributed by atoms with Gasteiger partial charge in [0, 0.05) is 39.1 Å². The molecule has 0 saturated heterocycles. The summed E-state index contributed by atoms with van der Waals surface area (Å²) in [5.41, 5.74) is 17.1. The zero-order valence-electron chi connectivity index (χ0n) is 37.6. The Morgan fingerprint density at radius 1 is 0.388 bits per heavy atom. The summed E-state index contributed by atoms with van der Waals surface area (Å²) in [6.07, 6.45) is 9.24. The normalized spacial score (nSPS) is 15.9. The molecule has 0 spiro atoms. The fourth-order valence-corrected chi connectivity index (χ4v) is 11.4. The van der Waals surface area contributed by atoms with Crippen molar-refractivity contribution < 1.29 is 0 Å². The Labute approximate surface area is 392 Å². The lowest BCUT2D eigenvalue weighted by Crippen LogP contribution is -2.24. The quantitative estimate of drug-likeness (QED) is 0.155. The van der Waals surface area contributed by atoms with E-state index in [0.717, 1.165) is 11.4 Å². The van der Waals surface area contributed by atoms with Crippen LogP contribution in [0, 0.1) is 5.92 Å². The Kier molecular flexibility index (Phi) is 9.05. The largest absolute Gasteiger partial charge is 0.310 e. The first-order chi connectivity index (χ1) is 33.0. The molecule has 11 aromatic rings. The van der Waals surface area contributed by atoms with Crippen LogP contribution >= 0.6 is 0 Å². The Morgan fingerprint density at radius 2 is 0.985 bits per heavy atom. The fraction of sp³-hybridized carbons (Fsp3) is 0.0769. The van der Waals surface area contributed by atoms with Gasteiger partial charge in [-0.2, -0.15) is 0 Å². The van der Waals surface area contributed by atoms with Gasteiger partial charge in [0.15, 0.2) is 0 Å². The van der Waals surface area contributed by atoms with Crippen LogP contribution in [0.3, 0.4) is 0 Å². The Morgan fingerprint density at radius 3 is 1.84 bits per heavy atom. The number of hydrogen-bond donors (Lipinski definition) is 0. The molecule has 67 heavy (non-hydrogen) atoms. The molecule has 0 radical (unpaired) electrons. The van der Waals surface area contributed by atoms with Crippen LogP contribution in [0.2, 0.25) is 0 Å². The van der Waals surface area contributed by atoms with Crippen molar-refractivity contribution in [2.45, 2.75) is 25.2 Å². The van der Waals surface area contributed by atoms with E-state index in [1.807, 2.05) is 0 Å². The topological polar surface area (TPSA) is 8.17 Å². The number of anilines is 3. The van der Waals surface area contributed by atoms with Gasteiger partial charge < -0.3 is 9.47 Å². The van der Waals surface area contributed by atoms with Gasteiger partial charge in [-0.05, 0) is 145 Å². The van der Waals surface area contributed by atoms with Gasteiger partial charge in [-0.15, -0.1) is 0 Å². The predicted octanol–water partition coefficient (Wildman–Crippen LogP) is 17.7. The molecule has 2 unspecified atom stereocenters. The Balaban J connectivity index is 0.899. The average Bonchev–Trinajstić information content (AvgIpc) is 3.83. The number of fused-ring (bicyclic) bond motifs is 8. The maximum atomic E-state index is 2.47. The highest BCUT2D eigenvalue weighted by Gasteiger charge is 2.44. The molecule has 318 valence electrons. The molecule has 1 heterocycles. The molecule has 13 rings (SSSR count). The zero-order valence-corrected chi connectivity index (χ0v) is 37.6. The van der Waals surface area contributed by atoms with Gasteiger partial charge >= 0.3 is 0 Å². The van der Waals surface area contributed by atoms with E-state index in [1.54, 1.807) is 0 Å². The third kappa shape index (κ3) is 6.47. The molecule has 0 fully saturated rings. The average molecular weight is 857 g/mol. The number of rotatable bonds is 7. The molecule has 2 atom stereocenters. The molecule has 0 bridgehead atoms. The van der Waals surface area contributed by atoms with Gasteiger partial charge in [-0.1, -0.05) is 184 Å². The number of nitrogens with zero attached hydrogens (tertiary/aromatic N) is 2. The van der Waals surface area contributed by atoms with Crippen molar-refractivity contribution in [2.75, 3.05) is 4.90 Å². The minimum absolute atomic E-state index is 0.000976. The van der Waals surface area contributed by atoms with Crippen molar-refractivity contribution in [1.29, 1.82) is 0 Å². The maximum absolute atomic E-state index is 2.47. The van der Waals surface area contributed by atoms with Gasteiger partial charge in [0.1, 0.15) is 0 Å². The number of aromatic nitrogens is 1. The van der Waals surface area contributed by atoms with Crippen LogP contribution in [0.5, 0.6) is 0 Å². The highest BCUT2D eigenvalue weighted by atomic mass is 15.1. The second-order valence-corrected chi connectivity index (χ2v) is 19.0. The van der Waals surface area contributed by atoms with E-state index in [4.69, 9.17) is 0 Å². The fourth-order valence-electron chi connectivity index (χ4n) is 11.4. The molecule has 0 amide bonds. The van der Waals surface area contributed by atoms with Gasteiger partial charge in [0.25, 0.3) is 0 Å². The number of para-hydroxylation sites is 1. The van der Waals surface area contributed by atoms with Crippen LogP contribution < -0.4 is 4.90 Å². The van der Waals surface area contributed by atoms with E-state index >= 15 is 0 Å². The molecule has 2 aliphatic rings. The van der Waals surface area contributed by atoms with E-state index in [2.05, 4.69) is 266 Å². The molecule has 2 heteroatoms. The summed E-state index contributed by atoms with van der Waals surface area (Å²) >= 11 is 0. The van der Waals surface area contributed by atoms with Gasteiger partial charge in [0.05, 0.1) is 16.7 Å². The summed E-state index contributed by atoms with van der Waals surface area (Å²) in [5.74, 6) is 0.842. The predicted molar refractivity (Wildman–Crippen MR) is 284 cm³/mol. The standard InChI is InChI=1S/C65H48N2/c1-65(2)60-25-9-7-23-56(60)57-36-35-54(42-61(57)65)66(52-33-30-44(31-34-52)50-29-28-43-14-3-4-16-46(43)38-50)53-21-12-20-49(40-53)47-18-11-19-48(39-47)51-32-37-64-59(41-51)58-24-8-10-26-63(58)67(64)62-27-13-17-45-15-5-6-22-55(45)62/h3-42,56,60H,1-2H3. The minimum atomic E-state index is -0.000976. The van der Waals surface area contributed by atoms with Crippen molar-refractivity contribution >= 4 is 60.4 Å². The van der Waals surface area contributed by atoms with Gasteiger partial charge in [-0.3, -0.25) is 0 Å². The van der Waals surface area contributed by atoms with Crippen molar-refractivity contribution in [3.05, 3.63) is 254 Å². The monoisotopic (exact) mass is 856 g/mol. The van der Waals surface area contributed by atoms with E-state index in [-0.39, 0.29) is 5.41 Å². The zero-order chi connectivity index (χ0) is 44.6. The molecule has 0 aliphatic heterocycles. The van der Waals surface area contributed by atoms with E-state index < -0.39 is 0 Å². The second-order valence-electron chi connectivity index (χ2n) is 19.0. The van der Waals surface area contributed by atoms with Crippen LogP contribution in [0.25, 0.3) is 82.4 Å². The minimum Gasteiger partial charge on any atom is -0.310 e. The third-order valence-electron chi connectivity index (χ3n) is 14.8. The summed E-state index contributed by atoms with van der Waals surface area (Å²) in [6, 6.07) is 80.9. The molecule has 1 aromatic heterocycles. The lowest BCUT2D eigenvalue weighted by molar-refractivity contribution is 0.394. The van der Waals surface area contributed by atoms with Gasteiger partial charge in [-0.25, -0.2) is 0 Å². The molecular formula is C65H48N2. The van der Waals surface area contributed by atoms with E-state index in [0.29, 0.717) is 11.8 Å². The highest BCUT2D eigenvalue weighted by Crippen LogP contribution is 2.54. The summed E-state index contributed by atoms with van der Waals surface area (Å²) < 4.78 is 2.44. The lowest BCUT2D eigenvalue weighted by atomic mass is 9.74. The summed E-state index contributed by atoms with van der Waals surface area (Å²) in [5, 5.41) is 7.50. The maximum Gasteiger partial charge on any atom is 0.0541 e. The molecule has 0 N–H and O–H groups in total. The van der Waals surface area contributed by atoms with E-state index in [9.17, 15) is 0 Å². The van der Waals surface area contributed by atoms with Crippen LogP contribution in [0.1, 0.15) is 30.9 Å². The summed E-state index contributed by atoms with van der Waals surface area (Å²) in [7, 11) is 0. The van der Waals surface area contributed by atoms with Crippen molar-refractivity contribution in [3.63, 3.8) is 0 Å². The second kappa shape index (κ2) is 15.5. The van der Waals surface area contributed by atoms with Gasteiger partial charge in [0.2, 0.25) is 0 Å². The number of hydrogen-bond acceptors (Lipinski definition) is 1. The van der Waals surface area contributed by atoms with Crippen LogP contribution in [-0.4, -0.2) is 4.57 Å². The summed E-state index contributed by atoms with van der Waals surface area (Å²) in [6.45, 7) is 4.84. The Bertz CT molecular complexity index is 3800. The van der Waals surface area contributed by atoms with E-state index in [1.165, 1.54) is 99.2 Å². The molecule has 2 nitrogen and oxygen atoms in total. The molecule has 10 aromatic carbocycles. The third-order valence-corrected chi connectivity index (χ3v) is 14.8. The van der Waals surface area contributed by atoms with Crippen LogP contribution in [0.15, 0.2) is 243 Å². The number of benzene rings is 10. The molecule has 2 aliphatic carbocycles. The molecule has 0 saturated carbocycles. The highest BCUT2D eigenvalue weighted by molar-refractivity contribution is 6.11. The first-order valence-corrected chi connectivity index (χ1v) is 23.6. The smallest absolute Gasteiger partial charge is 0.0541 e. The van der Waals surface area contributed by atoms with Crippen molar-refractivity contribution in [2.24, 2.45) is 5.92 Å². The SMILES string of the molecule is CC1(C)c2cc(N(c3ccc(-c4ccc5ccccc5c4)cc3)c3cccc(-c4cccc(-c5ccc6c(c5)c5ccccc5n6-c5cccc6ccccc56)c4)c3)ccc2C2C=CC=CC21. The van der Waals surface area contributed by atoms with Crippen LogP contribution in [0.4, 0.5) is 17.1 Å². The van der Waals surface area contributed by atoms with Crippen molar-refractivity contribution in [3.8, 4) is 39.1 Å². The molecular weight excluding hydrogens is 809 g/mol. The van der Waals surface area contributed by atoms with Crippen LogP contribution in [-0.2, 0) is 5.41 Å². The Hall–Kier alpha value is -8.20. The summed E-state index contributed by atoms with van der Waals surface area (Å²) in [4.78, 5) is 2.45. The number of allylic oxidation sites excluding steroid dienone is 4. The first-order valence-electron chi connectivity index (χ1n) is 23.6. The lowest BCUT2D eigenvalue weighted by Gasteiger charge is -2.30.